The highest BCUT2D eigenvalue weighted by molar-refractivity contribution is 9.10. The number of nitrogens with zero attached hydrogens (tertiary/aromatic N) is 3. The summed E-state index contributed by atoms with van der Waals surface area (Å²) in [4.78, 5) is 3.65. The summed E-state index contributed by atoms with van der Waals surface area (Å²) in [5.74, 6) is 1.02. The molecule has 1 aromatic heterocycles. The van der Waals surface area contributed by atoms with Crippen molar-refractivity contribution in [3.8, 4) is 5.75 Å². The molecular formula is C19H20BrN3OS. The molecule has 130 valence electrons. The van der Waals surface area contributed by atoms with Crippen molar-refractivity contribution in [3.63, 3.8) is 0 Å². The number of likely N-dealkylation sites (tertiary alicyclic amines) is 1. The Labute approximate surface area is 160 Å². The van der Waals surface area contributed by atoms with Crippen LogP contribution in [0, 0.1) is 0 Å². The largest absolute Gasteiger partial charge is 0.466 e. The average molecular weight is 418 g/mol. The van der Waals surface area contributed by atoms with Crippen LogP contribution in [-0.4, -0.2) is 41.5 Å². The van der Waals surface area contributed by atoms with Gasteiger partial charge in [0.15, 0.2) is 0 Å². The van der Waals surface area contributed by atoms with Gasteiger partial charge in [-0.25, -0.2) is 5.01 Å². The number of benzene rings is 1. The number of thiophene rings is 1. The Morgan fingerprint density at radius 2 is 2.12 bits per heavy atom. The van der Waals surface area contributed by atoms with Gasteiger partial charge in [-0.05, 0) is 36.7 Å². The maximum absolute atomic E-state index is 6.62. The van der Waals surface area contributed by atoms with Crippen LogP contribution in [0.3, 0.4) is 0 Å². The number of fused-ring (bicyclic) bond motifs is 4. The van der Waals surface area contributed by atoms with E-state index in [0.717, 1.165) is 42.6 Å². The highest BCUT2D eigenvalue weighted by Crippen LogP contribution is 2.50. The molecule has 6 heteroatoms. The second-order valence-electron chi connectivity index (χ2n) is 7.12. The second-order valence-corrected chi connectivity index (χ2v) is 8.99. The minimum atomic E-state index is -0.309. The van der Waals surface area contributed by atoms with Crippen molar-refractivity contribution in [2.24, 2.45) is 5.10 Å². The molecule has 2 aromatic rings. The Bertz CT molecular complexity index is 827. The summed E-state index contributed by atoms with van der Waals surface area (Å²) in [6, 6.07) is 10.9. The van der Waals surface area contributed by atoms with E-state index in [1.165, 1.54) is 16.2 Å². The molecule has 4 heterocycles. The molecule has 0 N–H and O–H groups in total. The SMILES string of the molecule is CN1CCC2(CC1)Oc1ccc(Br)cc1[C@H]1CC(c3cccs3)=NN12. The third-order valence-electron chi connectivity index (χ3n) is 5.53. The van der Waals surface area contributed by atoms with E-state index < -0.39 is 0 Å². The Balaban J connectivity index is 1.60. The zero-order chi connectivity index (χ0) is 17.0. The maximum atomic E-state index is 6.62. The Morgan fingerprint density at radius 3 is 2.88 bits per heavy atom. The van der Waals surface area contributed by atoms with Crippen LogP contribution in [0.1, 0.15) is 35.7 Å². The summed E-state index contributed by atoms with van der Waals surface area (Å²) in [6.45, 7) is 2.08. The fourth-order valence-electron chi connectivity index (χ4n) is 4.14. The van der Waals surface area contributed by atoms with E-state index in [2.05, 4.69) is 68.6 Å². The molecule has 3 aliphatic heterocycles. The first-order valence-corrected chi connectivity index (χ1v) is 10.4. The van der Waals surface area contributed by atoms with E-state index in [1.807, 2.05) is 0 Å². The van der Waals surface area contributed by atoms with Crippen molar-refractivity contribution in [3.05, 3.63) is 50.6 Å². The zero-order valence-electron chi connectivity index (χ0n) is 14.1. The Hall–Kier alpha value is -1.37. The lowest BCUT2D eigenvalue weighted by Crippen LogP contribution is -2.58. The van der Waals surface area contributed by atoms with Gasteiger partial charge in [0.05, 0.1) is 16.6 Å². The lowest BCUT2D eigenvalue weighted by molar-refractivity contribution is -0.147. The van der Waals surface area contributed by atoms with E-state index in [1.54, 1.807) is 11.3 Å². The number of hydrogen-bond acceptors (Lipinski definition) is 5. The lowest BCUT2D eigenvalue weighted by Gasteiger charge is -2.50. The average Bonchev–Trinajstić information content (AvgIpc) is 3.28. The van der Waals surface area contributed by atoms with Gasteiger partial charge in [0, 0.05) is 42.4 Å². The number of ether oxygens (including phenoxy) is 1. The van der Waals surface area contributed by atoms with Crippen LogP contribution in [0.5, 0.6) is 5.75 Å². The van der Waals surface area contributed by atoms with Crippen LogP contribution in [0.25, 0.3) is 0 Å². The molecule has 25 heavy (non-hydrogen) atoms. The second kappa shape index (κ2) is 5.83. The topological polar surface area (TPSA) is 28.1 Å². The molecule has 1 atom stereocenters. The van der Waals surface area contributed by atoms with Crippen molar-refractivity contribution in [2.75, 3.05) is 20.1 Å². The molecule has 1 spiro atoms. The first-order valence-electron chi connectivity index (χ1n) is 8.72. The van der Waals surface area contributed by atoms with Gasteiger partial charge in [0.2, 0.25) is 5.72 Å². The molecule has 4 nitrogen and oxygen atoms in total. The van der Waals surface area contributed by atoms with Crippen LogP contribution in [0.15, 0.2) is 45.3 Å². The first-order chi connectivity index (χ1) is 12.1. The minimum absolute atomic E-state index is 0.266. The van der Waals surface area contributed by atoms with Crippen molar-refractivity contribution < 1.29 is 4.74 Å². The number of hydrazone groups is 1. The molecule has 1 saturated heterocycles. The molecule has 1 aromatic carbocycles. The third kappa shape index (κ3) is 2.54. The summed E-state index contributed by atoms with van der Waals surface area (Å²) in [7, 11) is 2.18. The summed E-state index contributed by atoms with van der Waals surface area (Å²) in [5, 5.41) is 9.49. The highest BCUT2D eigenvalue weighted by atomic mass is 79.9. The molecule has 0 radical (unpaired) electrons. The van der Waals surface area contributed by atoms with Gasteiger partial charge in [-0.1, -0.05) is 22.0 Å². The quantitative estimate of drug-likeness (QED) is 0.684. The molecule has 1 fully saturated rings. The highest BCUT2D eigenvalue weighted by Gasteiger charge is 2.51. The lowest BCUT2D eigenvalue weighted by atomic mass is 9.91. The smallest absolute Gasteiger partial charge is 0.200 e. The number of halogens is 1. The van der Waals surface area contributed by atoms with Gasteiger partial charge in [0.25, 0.3) is 0 Å². The van der Waals surface area contributed by atoms with E-state index in [4.69, 9.17) is 9.84 Å². The van der Waals surface area contributed by atoms with Crippen LogP contribution in [0.4, 0.5) is 0 Å². The Morgan fingerprint density at radius 1 is 1.28 bits per heavy atom. The molecule has 0 bridgehead atoms. The predicted molar refractivity (Wildman–Crippen MR) is 104 cm³/mol. The van der Waals surface area contributed by atoms with Crippen LogP contribution >= 0.6 is 27.3 Å². The fourth-order valence-corrected chi connectivity index (χ4v) is 5.24. The molecular weight excluding hydrogens is 398 g/mol. The van der Waals surface area contributed by atoms with Crippen molar-refractivity contribution in [2.45, 2.75) is 31.0 Å². The van der Waals surface area contributed by atoms with E-state index in [9.17, 15) is 0 Å². The van der Waals surface area contributed by atoms with Gasteiger partial charge in [-0.15, -0.1) is 11.3 Å². The molecule has 0 amide bonds. The summed E-state index contributed by atoms with van der Waals surface area (Å²) < 4.78 is 7.71. The first kappa shape index (κ1) is 15.9. The van der Waals surface area contributed by atoms with Crippen molar-refractivity contribution >= 4 is 33.0 Å². The van der Waals surface area contributed by atoms with Gasteiger partial charge < -0.3 is 9.64 Å². The number of hydrogen-bond donors (Lipinski definition) is 0. The van der Waals surface area contributed by atoms with Gasteiger partial charge >= 0.3 is 0 Å². The van der Waals surface area contributed by atoms with E-state index >= 15 is 0 Å². The van der Waals surface area contributed by atoms with Crippen molar-refractivity contribution in [1.29, 1.82) is 0 Å². The maximum Gasteiger partial charge on any atom is 0.200 e. The molecule has 3 aliphatic rings. The minimum Gasteiger partial charge on any atom is -0.466 e. The van der Waals surface area contributed by atoms with Gasteiger partial charge in [-0.2, -0.15) is 5.10 Å². The third-order valence-corrected chi connectivity index (χ3v) is 6.94. The Kier molecular flexibility index (Phi) is 3.69. The monoisotopic (exact) mass is 417 g/mol. The summed E-state index contributed by atoms with van der Waals surface area (Å²) >= 11 is 5.39. The van der Waals surface area contributed by atoms with Gasteiger partial charge in [0.1, 0.15) is 5.75 Å². The zero-order valence-corrected chi connectivity index (χ0v) is 16.5. The predicted octanol–water partition coefficient (Wildman–Crippen LogP) is 4.48. The van der Waals surface area contributed by atoms with E-state index in [-0.39, 0.29) is 11.8 Å². The summed E-state index contributed by atoms with van der Waals surface area (Å²) in [6.07, 6.45) is 2.92. The number of piperidine rings is 1. The molecule has 0 saturated carbocycles. The number of rotatable bonds is 1. The van der Waals surface area contributed by atoms with Gasteiger partial charge in [-0.3, -0.25) is 0 Å². The standard InChI is InChI=1S/C19H20BrN3OS/c1-22-8-6-19(7-9-22)23-16(12-15(21-23)18-3-2-10-25-18)14-11-13(20)4-5-17(14)24-19/h2-5,10-11,16H,6-9,12H2,1H3/t16-/m1/s1. The van der Waals surface area contributed by atoms with Crippen LogP contribution < -0.4 is 4.74 Å². The fraction of sp³-hybridized carbons (Fsp3) is 0.421. The molecule has 0 aliphatic carbocycles. The molecule has 0 unspecified atom stereocenters. The normalized spacial score (nSPS) is 24.6. The molecule has 5 rings (SSSR count). The van der Waals surface area contributed by atoms with Crippen molar-refractivity contribution in [1.82, 2.24) is 9.91 Å². The summed E-state index contributed by atoms with van der Waals surface area (Å²) in [5.41, 5.74) is 2.13. The van der Waals surface area contributed by atoms with Crippen LogP contribution in [-0.2, 0) is 0 Å². The van der Waals surface area contributed by atoms with E-state index in [0.29, 0.717) is 0 Å². The van der Waals surface area contributed by atoms with Crippen LogP contribution in [0.2, 0.25) is 0 Å².